The zero-order chi connectivity index (χ0) is 10.8. The summed E-state index contributed by atoms with van der Waals surface area (Å²) in [7, 11) is -4.62. The highest BCUT2D eigenvalue weighted by atomic mass is 32.3. The standard InChI is InChI=1S/C6H5NO6S/c8-6(9)4-1-2-5(7-3-4)13-14(10,11)12/h1-3H,(H,8,9)(H,10,11,12). The molecule has 2 N–H and O–H groups in total. The summed E-state index contributed by atoms with van der Waals surface area (Å²) in [5.74, 6) is -1.60. The highest BCUT2D eigenvalue weighted by molar-refractivity contribution is 7.81. The summed E-state index contributed by atoms with van der Waals surface area (Å²) in [6.07, 6.45) is 0.906. The van der Waals surface area contributed by atoms with Crippen molar-refractivity contribution in [2.75, 3.05) is 0 Å². The van der Waals surface area contributed by atoms with E-state index in [0.717, 1.165) is 18.3 Å². The van der Waals surface area contributed by atoms with Gasteiger partial charge in [0.25, 0.3) is 0 Å². The Kier molecular flexibility index (Phi) is 2.68. The van der Waals surface area contributed by atoms with Crippen molar-refractivity contribution in [3.05, 3.63) is 23.9 Å². The summed E-state index contributed by atoms with van der Waals surface area (Å²) < 4.78 is 32.6. The zero-order valence-corrected chi connectivity index (χ0v) is 7.43. The normalized spacial score (nSPS) is 10.9. The average molecular weight is 219 g/mol. The molecular formula is C6H5NO6S. The van der Waals surface area contributed by atoms with Gasteiger partial charge in [0.15, 0.2) is 0 Å². The number of carbonyl (C=O) groups is 1. The molecule has 0 saturated heterocycles. The quantitative estimate of drug-likeness (QED) is 0.685. The maximum Gasteiger partial charge on any atom is 0.447 e. The van der Waals surface area contributed by atoms with Gasteiger partial charge in [-0.25, -0.2) is 9.78 Å². The Hall–Kier alpha value is -1.67. The van der Waals surface area contributed by atoms with E-state index in [9.17, 15) is 13.2 Å². The molecule has 0 fully saturated rings. The molecule has 1 aromatic rings. The molecule has 14 heavy (non-hydrogen) atoms. The minimum Gasteiger partial charge on any atom is -0.478 e. The molecule has 1 rings (SSSR count). The lowest BCUT2D eigenvalue weighted by Crippen LogP contribution is -2.08. The molecule has 8 heteroatoms. The molecule has 0 aliphatic rings. The molecule has 0 radical (unpaired) electrons. The number of hydrogen-bond donors (Lipinski definition) is 2. The van der Waals surface area contributed by atoms with Crippen molar-refractivity contribution in [1.29, 1.82) is 0 Å². The number of rotatable bonds is 3. The molecule has 0 unspecified atom stereocenters. The van der Waals surface area contributed by atoms with Gasteiger partial charge in [0.05, 0.1) is 5.56 Å². The van der Waals surface area contributed by atoms with Crippen LogP contribution in [0.15, 0.2) is 18.3 Å². The Morgan fingerprint density at radius 2 is 2.07 bits per heavy atom. The highest BCUT2D eigenvalue weighted by Gasteiger charge is 2.09. The van der Waals surface area contributed by atoms with Gasteiger partial charge in [-0.3, -0.25) is 4.55 Å². The van der Waals surface area contributed by atoms with Crippen LogP contribution < -0.4 is 4.18 Å². The van der Waals surface area contributed by atoms with Crippen LogP contribution in [0.4, 0.5) is 0 Å². The molecule has 1 aromatic heterocycles. The molecule has 0 aliphatic heterocycles. The van der Waals surface area contributed by atoms with Crippen LogP contribution in [0.5, 0.6) is 5.88 Å². The topological polar surface area (TPSA) is 114 Å². The van der Waals surface area contributed by atoms with E-state index in [1.54, 1.807) is 0 Å². The molecule has 0 bridgehead atoms. The molecule has 1 heterocycles. The summed E-state index contributed by atoms with van der Waals surface area (Å²) in [4.78, 5) is 13.7. The van der Waals surface area contributed by atoms with Gasteiger partial charge < -0.3 is 9.29 Å². The maximum absolute atomic E-state index is 10.3. The van der Waals surface area contributed by atoms with Crippen molar-refractivity contribution in [3.63, 3.8) is 0 Å². The van der Waals surface area contributed by atoms with Gasteiger partial charge >= 0.3 is 16.4 Å². The third-order valence-electron chi connectivity index (χ3n) is 1.17. The largest absolute Gasteiger partial charge is 0.478 e. The van der Waals surface area contributed by atoms with Crippen LogP contribution in [0, 0.1) is 0 Å². The van der Waals surface area contributed by atoms with Crippen LogP contribution >= 0.6 is 0 Å². The van der Waals surface area contributed by atoms with E-state index in [0.29, 0.717) is 0 Å². The summed E-state index contributed by atoms with van der Waals surface area (Å²) in [5, 5.41) is 8.46. The molecule has 0 spiro atoms. The predicted molar refractivity (Wildman–Crippen MR) is 43.4 cm³/mol. The van der Waals surface area contributed by atoms with E-state index in [-0.39, 0.29) is 5.56 Å². The summed E-state index contributed by atoms with van der Waals surface area (Å²) >= 11 is 0. The molecule has 0 aliphatic carbocycles. The van der Waals surface area contributed by atoms with E-state index in [4.69, 9.17) is 9.66 Å². The second-order valence-corrected chi connectivity index (χ2v) is 3.22. The number of nitrogens with zero attached hydrogens (tertiary/aromatic N) is 1. The molecule has 0 aromatic carbocycles. The van der Waals surface area contributed by atoms with E-state index in [1.165, 1.54) is 0 Å². The zero-order valence-electron chi connectivity index (χ0n) is 6.61. The van der Waals surface area contributed by atoms with Crippen LogP contribution in [-0.4, -0.2) is 29.0 Å². The van der Waals surface area contributed by atoms with Crippen molar-refractivity contribution in [1.82, 2.24) is 4.98 Å². The van der Waals surface area contributed by atoms with Crippen LogP contribution in [-0.2, 0) is 10.4 Å². The lowest BCUT2D eigenvalue weighted by molar-refractivity contribution is 0.0696. The average Bonchev–Trinajstić information content (AvgIpc) is 2.02. The summed E-state index contributed by atoms with van der Waals surface area (Å²) in [5.41, 5.74) is -0.118. The highest BCUT2D eigenvalue weighted by Crippen LogP contribution is 2.09. The van der Waals surface area contributed by atoms with Crippen molar-refractivity contribution in [3.8, 4) is 5.88 Å². The Morgan fingerprint density at radius 3 is 2.43 bits per heavy atom. The third kappa shape index (κ3) is 2.99. The van der Waals surface area contributed by atoms with E-state index in [1.807, 2.05) is 0 Å². The van der Waals surface area contributed by atoms with Gasteiger partial charge in [-0.1, -0.05) is 0 Å². The lowest BCUT2D eigenvalue weighted by Gasteiger charge is -1.99. The van der Waals surface area contributed by atoms with Crippen molar-refractivity contribution >= 4 is 16.4 Å². The first-order valence-corrected chi connectivity index (χ1v) is 4.61. The van der Waals surface area contributed by atoms with Crippen molar-refractivity contribution in [2.24, 2.45) is 0 Å². The Labute approximate surface area is 78.9 Å². The molecule has 76 valence electrons. The van der Waals surface area contributed by atoms with Gasteiger partial charge in [0.2, 0.25) is 5.88 Å². The Bertz CT molecular complexity index is 436. The SMILES string of the molecule is O=C(O)c1ccc(OS(=O)(=O)O)nc1. The number of aromatic nitrogens is 1. The van der Waals surface area contributed by atoms with Gasteiger partial charge in [-0.2, -0.15) is 8.42 Å². The van der Waals surface area contributed by atoms with Crippen LogP contribution in [0.1, 0.15) is 10.4 Å². The lowest BCUT2D eigenvalue weighted by atomic mass is 10.3. The first-order valence-electron chi connectivity index (χ1n) is 3.25. The first kappa shape index (κ1) is 10.4. The van der Waals surface area contributed by atoms with Crippen molar-refractivity contribution in [2.45, 2.75) is 0 Å². The number of aromatic carboxylic acids is 1. The van der Waals surface area contributed by atoms with E-state index >= 15 is 0 Å². The Morgan fingerprint density at radius 1 is 1.43 bits per heavy atom. The van der Waals surface area contributed by atoms with Gasteiger partial charge in [0.1, 0.15) is 0 Å². The fourth-order valence-electron chi connectivity index (χ4n) is 0.664. The molecule has 0 amide bonds. The van der Waals surface area contributed by atoms with Gasteiger partial charge in [-0.15, -0.1) is 0 Å². The summed E-state index contributed by atoms with van der Waals surface area (Å²) in [6.45, 7) is 0. The van der Waals surface area contributed by atoms with Gasteiger partial charge in [0, 0.05) is 12.3 Å². The van der Waals surface area contributed by atoms with Crippen LogP contribution in [0.2, 0.25) is 0 Å². The molecule has 0 saturated carbocycles. The summed E-state index contributed by atoms with van der Waals surface area (Å²) in [6, 6.07) is 2.10. The minimum absolute atomic E-state index is 0.118. The second kappa shape index (κ2) is 3.60. The maximum atomic E-state index is 10.3. The fourth-order valence-corrected chi connectivity index (χ4v) is 0.978. The molecule has 0 atom stereocenters. The third-order valence-corrected chi connectivity index (χ3v) is 1.56. The second-order valence-electron chi connectivity index (χ2n) is 2.20. The Balaban J connectivity index is 2.90. The van der Waals surface area contributed by atoms with Gasteiger partial charge in [-0.05, 0) is 6.07 Å². The smallest absolute Gasteiger partial charge is 0.447 e. The molecule has 7 nitrogen and oxygen atoms in total. The predicted octanol–water partition coefficient (Wildman–Crippen LogP) is -0.0386. The van der Waals surface area contributed by atoms with Crippen LogP contribution in [0.3, 0.4) is 0 Å². The fraction of sp³-hybridized carbons (Fsp3) is 0. The number of hydrogen-bond acceptors (Lipinski definition) is 5. The number of pyridine rings is 1. The minimum atomic E-state index is -4.62. The van der Waals surface area contributed by atoms with Crippen molar-refractivity contribution < 1.29 is 27.1 Å². The monoisotopic (exact) mass is 219 g/mol. The van der Waals surface area contributed by atoms with E-state index in [2.05, 4.69) is 9.17 Å². The van der Waals surface area contributed by atoms with Crippen LogP contribution in [0.25, 0.3) is 0 Å². The first-order chi connectivity index (χ1) is 6.38. The number of carboxylic acid groups (broad SMARTS) is 1. The number of carboxylic acids is 1. The van der Waals surface area contributed by atoms with E-state index < -0.39 is 22.2 Å². The molecular weight excluding hydrogens is 214 g/mol.